The SMILES string of the molecule is COCc1ccc(CNc2ncnc3ccccc23)cc1. The van der Waals surface area contributed by atoms with Crippen LogP contribution in [0, 0.1) is 0 Å². The lowest BCUT2D eigenvalue weighted by Crippen LogP contribution is -2.02. The molecule has 3 rings (SSSR count). The molecule has 0 unspecified atom stereocenters. The van der Waals surface area contributed by atoms with Gasteiger partial charge in [0.25, 0.3) is 0 Å². The molecule has 21 heavy (non-hydrogen) atoms. The van der Waals surface area contributed by atoms with E-state index >= 15 is 0 Å². The number of rotatable bonds is 5. The number of nitrogens with zero attached hydrogens (tertiary/aromatic N) is 2. The monoisotopic (exact) mass is 279 g/mol. The molecule has 0 radical (unpaired) electrons. The summed E-state index contributed by atoms with van der Waals surface area (Å²) in [5, 5.41) is 4.41. The summed E-state index contributed by atoms with van der Waals surface area (Å²) in [6, 6.07) is 16.4. The topological polar surface area (TPSA) is 47.0 Å². The molecule has 0 fully saturated rings. The summed E-state index contributed by atoms with van der Waals surface area (Å²) in [5.41, 5.74) is 3.33. The van der Waals surface area contributed by atoms with Gasteiger partial charge in [-0.1, -0.05) is 36.4 Å². The highest BCUT2D eigenvalue weighted by Crippen LogP contribution is 2.19. The van der Waals surface area contributed by atoms with Gasteiger partial charge in [0.15, 0.2) is 0 Å². The first kappa shape index (κ1) is 13.5. The van der Waals surface area contributed by atoms with Crippen molar-refractivity contribution >= 4 is 16.7 Å². The number of para-hydroxylation sites is 1. The molecule has 0 aliphatic rings. The van der Waals surface area contributed by atoms with Gasteiger partial charge in [0.2, 0.25) is 0 Å². The van der Waals surface area contributed by atoms with Gasteiger partial charge in [-0.25, -0.2) is 9.97 Å². The Morgan fingerprint density at radius 3 is 2.52 bits per heavy atom. The van der Waals surface area contributed by atoms with Crippen LogP contribution >= 0.6 is 0 Å². The van der Waals surface area contributed by atoms with Crippen molar-refractivity contribution in [2.45, 2.75) is 13.2 Å². The van der Waals surface area contributed by atoms with E-state index in [0.717, 1.165) is 23.3 Å². The van der Waals surface area contributed by atoms with E-state index in [9.17, 15) is 0 Å². The third-order valence-corrected chi connectivity index (χ3v) is 3.34. The van der Waals surface area contributed by atoms with Gasteiger partial charge >= 0.3 is 0 Å². The second kappa shape index (κ2) is 6.33. The lowest BCUT2D eigenvalue weighted by Gasteiger charge is -2.09. The number of fused-ring (bicyclic) bond motifs is 1. The Balaban J connectivity index is 1.74. The number of aromatic nitrogens is 2. The summed E-state index contributed by atoms with van der Waals surface area (Å²) in [4.78, 5) is 8.59. The first-order chi connectivity index (χ1) is 10.4. The Kier molecular flexibility index (Phi) is 4.07. The van der Waals surface area contributed by atoms with Crippen LogP contribution in [-0.4, -0.2) is 17.1 Å². The van der Waals surface area contributed by atoms with Crippen molar-refractivity contribution in [2.24, 2.45) is 0 Å². The van der Waals surface area contributed by atoms with E-state index in [1.165, 1.54) is 11.1 Å². The summed E-state index contributed by atoms with van der Waals surface area (Å²) in [5.74, 6) is 0.863. The van der Waals surface area contributed by atoms with Crippen molar-refractivity contribution in [3.63, 3.8) is 0 Å². The van der Waals surface area contributed by atoms with Gasteiger partial charge in [0.1, 0.15) is 12.1 Å². The predicted octanol–water partition coefficient (Wildman–Crippen LogP) is 3.39. The highest BCUT2D eigenvalue weighted by molar-refractivity contribution is 5.88. The smallest absolute Gasteiger partial charge is 0.137 e. The van der Waals surface area contributed by atoms with Gasteiger partial charge in [-0.3, -0.25) is 0 Å². The molecule has 3 aromatic rings. The number of anilines is 1. The van der Waals surface area contributed by atoms with Gasteiger partial charge in [-0.15, -0.1) is 0 Å². The number of hydrogen-bond donors (Lipinski definition) is 1. The highest BCUT2D eigenvalue weighted by atomic mass is 16.5. The van der Waals surface area contributed by atoms with Gasteiger partial charge in [0.05, 0.1) is 12.1 Å². The Hall–Kier alpha value is -2.46. The van der Waals surface area contributed by atoms with Crippen molar-refractivity contribution in [1.82, 2.24) is 9.97 Å². The number of hydrogen-bond acceptors (Lipinski definition) is 4. The summed E-state index contributed by atoms with van der Waals surface area (Å²) >= 11 is 0. The molecule has 0 bridgehead atoms. The molecule has 106 valence electrons. The van der Waals surface area contributed by atoms with Crippen LogP contribution < -0.4 is 5.32 Å². The zero-order chi connectivity index (χ0) is 14.5. The molecule has 0 spiro atoms. The van der Waals surface area contributed by atoms with Gasteiger partial charge in [-0.05, 0) is 23.3 Å². The first-order valence-corrected chi connectivity index (χ1v) is 6.87. The molecule has 4 heteroatoms. The fourth-order valence-corrected chi connectivity index (χ4v) is 2.25. The standard InChI is InChI=1S/C17H17N3O/c1-21-11-14-8-6-13(7-9-14)10-18-17-15-4-2-3-5-16(15)19-12-20-17/h2-9,12H,10-11H2,1H3,(H,18,19,20). The van der Waals surface area contributed by atoms with Crippen LogP contribution in [0.25, 0.3) is 10.9 Å². The normalized spacial score (nSPS) is 10.7. The van der Waals surface area contributed by atoms with Crippen molar-refractivity contribution in [3.8, 4) is 0 Å². The molecule has 2 aromatic carbocycles. The van der Waals surface area contributed by atoms with Crippen LogP contribution in [0.1, 0.15) is 11.1 Å². The molecule has 4 nitrogen and oxygen atoms in total. The number of ether oxygens (including phenoxy) is 1. The molecule has 0 aliphatic carbocycles. The molecule has 0 atom stereocenters. The van der Waals surface area contributed by atoms with Crippen LogP contribution in [0.15, 0.2) is 54.9 Å². The molecule has 0 amide bonds. The molecular weight excluding hydrogens is 262 g/mol. The average molecular weight is 279 g/mol. The van der Waals surface area contributed by atoms with Gasteiger partial charge in [0, 0.05) is 19.0 Å². The Morgan fingerprint density at radius 1 is 0.952 bits per heavy atom. The van der Waals surface area contributed by atoms with Crippen LogP contribution in [-0.2, 0) is 17.9 Å². The fourth-order valence-electron chi connectivity index (χ4n) is 2.25. The van der Waals surface area contributed by atoms with E-state index in [1.807, 2.05) is 24.3 Å². The highest BCUT2D eigenvalue weighted by Gasteiger charge is 2.02. The van der Waals surface area contributed by atoms with Gasteiger partial charge < -0.3 is 10.1 Å². The van der Waals surface area contributed by atoms with Crippen LogP contribution in [0.4, 0.5) is 5.82 Å². The Labute approximate surface area is 123 Å². The van der Waals surface area contributed by atoms with E-state index in [-0.39, 0.29) is 0 Å². The van der Waals surface area contributed by atoms with Crippen LogP contribution in [0.3, 0.4) is 0 Å². The molecule has 1 aromatic heterocycles. The van der Waals surface area contributed by atoms with E-state index in [2.05, 4.69) is 39.6 Å². The van der Waals surface area contributed by atoms with Crippen molar-refractivity contribution < 1.29 is 4.74 Å². The van der Waals surface area contributed by atoms with E-state index in [1.54, 1.807) is 13.4 Å². The summed E-state index contributed by atoms with van der Waals surface area (Å²) < 4.78 is 5.11. The van der Waals surface area contributed by atoms with Crippen LogP contribution in [0.2, 0.25) is 0 Å². The van der Waals surface area contributed by atoms with Crippen molar-refractivity contribution in [1.29, 1.82) is 0 Å². The minimum atomic E-state index is 0.643. The quantitative estimate of drug-likeness (QED) is 0.777. The average Bonchev–Trinajstić information content (AvgIpc) is 2.54. The maximum absolute atomic E-state index is 5.11. The predicted molar refractivity (Wildman–Crippen MR) is 84.0 cm³/mol. The maximum atomic E-state index is 5.11. The molecule has 1 heterocycles. The molecule has 1 N–H and O–H groups in total. The Morgan fingerprint density at radius 2 is 1.71 bits per heavy atom. The van der Waals surface area contributed by atoms with Crippen LogP contribution in [0.5, 0.6) is 0 Å². The lowest BCUT2D eigenvalue weighted by molar-refractivity contribution is 0.185. The van der Waals surface area contributed by atoms with E-state index in [0.29, 0.717) is 6.61 Å². The van der Waals surface area contributed by atoms with E-state index in [4.69, 9.17) is 4.74 Å². The third kappa shape index (κ3) is 3.17. The second-order valence-electron chi connectivity index (χ2n) is 4.84. The third-order valence-electron chi connectivity index (χ3n) is 3.34. The summed E-state index contributed by atoms with van der Waals surface area (Å²) in [6.07, 6.45) is 1.59. The zero-order valence-electron chi connectivity index (χ0n) is 11.9. The Bertz CT molecular complexity index is 720. The number of nitrogens with one attached hydrogen (secondary N) is 1. The largest absolute Gasteiger partial charge is 0.380 e. The minimum absolute atomic E-state index is 0.643. The second-order valence-corrected chi connectivity index (χ2v) is 4.84. The lowest BCUT2D eigenvalue weighted by atomic mass is 10.1. The molecular formula is C17H17N3O. The molecule has 0 saturated heterocycles. The maximum Gasteiger partial charge on any atom is 0.137 e. The molecule has 0 aliphatic heterocycles. The number of benzene rings is 2. The summed E-state index contributed by atoms with van der Waals surface area (Å²) in [6.45, 7) is 1.37. The molecule has 0 saturated carbocycles. The zero-order valence-corrected chi connectivity index (χ0v) is 11.9. The number of methoxy groups -OCH3 is 1. The van der Waals surface area contributed by atoms with Crippen molar-refractivity contribution in [3.05, 3.63) is 66.0 Å². The van der Waals surface area contributed by atoms with Crippen molar-refractivity contribution in [2.75, 3.05) is 12.4 Å². The van der Waals surface area contributed by atoms with Gasteiger partial charge in [-0.2, -0.15) is 0 Å². The fraction of sp³-hybridized carbons (Fsp3) is 0.176. The summed E-state index contributed by atoms with van der Waals surface area (Å²) in [7, 11) is 1.70. The van der Waals surface area contributed by atoms with E-state index < -0.39 is 0 Å². The first-order valence-electron chi connectivity index (χ1n) is 6.87. The minimum Gasteiger partial charge on any atom is -0.380 e.